The highest BCUT2D eigenvalue weighted by molar-refractivity contribution is 7.17. The van der Waals surface area contributed by atoms with Crippen LogP contribution in [-0.4, -0.2) is 21.2 Å². The maximum atomic E-state index is 6.37. The van der Waals surface area contributed by atoms with Gasteiger partial charge in [0.05, 0.1) is 17.1 Å². The minimum atomic E-state index is 0.409. The van der Waals surface area contributed by atoms with Gasteiger partial charge in [-0.3, -0.25) is 5.43 Å². The van der Waals surface area contributed by atoms with E-state index in [-0.39, 0.29) is 0 Å². The molecule has 1 N–H and O–H groups in total. The minimum absolute atomic E-state index is 0.409. The third-order valence-electron chi connectivity index (χ3n) is 4.78. The zero-order valence-corrected chi connectivity index (χ0v) is 17.6. The molecule has 0 saturated heterocycles. The van der Waals surface area contributed by atoms with E-state index < -0.39 is 0 Å². The second-order valence-electron chi connectivity index (χ2n) is 6.85. The van der Waals surface area contributed by atoms with E-state index >= 15 is 0 Å². The molecule has 30 heavy (non-hydrogen) atoms. The highest BCUT2D eigenvalue weighted by atomic mass is 35.5. The van der Waals surface area contributed by atoms with Crippen LogP contribution in [0, 0.1) is 6.92 Å². The second kappa shape index (κ2) is 7.82. The zero-order valence-electron chi connectivity index (χ0n) is 16.0. The molecule has 7 heteroatoms. The zero-order chi connectivity index (χ0) is 20.5. The Morgan fingerprint density at radius 1 is 1.07 bits per heavy atom. The largest absolute Gasteiger partial charge is 0.261 e. The van der Waals surface area contributed by atoms with E-state index in [2.05, 4.69) is 49.1 Å². The predicted molar refractivity (Wildman–Crippen MR) is 126 cm³/mol. The molecule has 0 bridgehead atoms. The van der Waals surface area contributed by atoms with Crippen molar-refractivity contribution in [3.05, 3.63) is 82.6 Å². The topological polar surface area (TPSA) is 63.1 Å². The average molecular weight is 430 g/mol. The number of pyridine rings is 1. The Kier molecular flexibility index (Phi) is 4.86. The molecule has 5 rings (SSSR count). The van der Waals surface area contributed by atoms with E-state index in [4.69, 9.17) is 11.6 Å². The molecule has 0 atom stereocenters. The molecule has 0 aliphatic heterocycles. The Bertz CT molecular complexity index is 1400. The number of nitrogens with zero attached hydrogens (tertiary/aromatic N) is 4. The Morgan fingerprint density at radius 3 is 2.80 bits per heavy atom. The van der Waals surface area contributed by atoms with Crippen molar-refractivity contribution >= 4 is 56.1 Å². The number of aryl methyl sites for hydroxylation is 1. The minimum Gasteiger partial charge on any atom is -0.261 e. The van der Waals surface area contributed by atoms with Crippen LogP contribution in [0.4, 0.5) is 5.82 Å². The highest BCUT2D eigenvalue weighted by Gasteiger charge is 2.12. The van der Waals surface area contributed by atoms with Crippen molar-refractivity contribution in [3.63, 3.8) is 0 Å². The van der Waals surface area contributed by atoms with Crippen LogP contribution in [0.1, 0.15) is 11.1 Å². The first-order valence-electron chi connectivity index (χ1n) is 9.32. The third-order valence-corrected chi connectivity index (χ3v) is 5.97. The molecular formula is C23H16ClN5S. The maximum absolute atomic E-state index is 6.37. The van der Waals surface area contributed by atoms with Gasteiger partial charge in [-0.2, -0.15) is 5.10 Å². The SMILES string of the molecule is Cc1ccc2cc(C=NNc3ncnc4scc(-c5ccccc5)c34)c(Cl)nc2c1. The van der Waals surface area contributed by atoms with Gasteiger partial charge in [0, 0.05) is 21.9 Å². The fourth-order valence-electron chi connectivity index (χ4n) is 3.31. The molecular weight excluding hydrogens is 414 g/mol. The number of hydrogen-bond acceptors (Lipinski definition) is 6. The van der Waals surface area contributed by atoms with Crippen LogP contribution in [0.25, 0.3) is 32.2 Å². The van der Waals surface area contributed by atoms with Gasteiger partial charge in [0.25, 0.3) is 0 Å². The van der Waals surface area contributed by atoms with Gasteiger partial charge in [0.15, 0.2) is 5.82 Å². The summed E-state index contributed by atoms with van der Waals surface area (Å²) in [5.74, 6) is 0.650. The fraction of sp³-hybridized carbons (Fsp3) is 0.0435. The molecule has 0 saturated carbocycles. The standard InChI is InChI=1S/C23H16ClN5S/c1-14-7-8-16-10-17(21(24)28-19(16)9-14)11-27-29-22-20-18(15-5-3-2-4-6-15)12-30-23(20)26-13-25-22/h2-13H,1H3,(H,25,26,29). The van der Waals surface area contributed by atoms with Crippen molar-refractivity contribution in [2.24, 2.45) is 5.10 Å². The predicted octanol–water partition coefficient (Wildman–Crippen LogP) is 6.31. The van der Waals surface area contributed by atoms with Crippen LogP contribution in [0.5, 0.6) is 0 Å². The molecule has 2 aromatic carbocycles. The Hall–Kier alpha value is -3.35. The van der Waals surface area contributed by atoms with E-state index in [0.29, 0.717) is 11.0 Å². The van der Waals surface area contributed by atoms with Gasteiger partial charge in [0.1, 0.15) is 16.3 Å². The second-order valence-corrected chi connectivity index (χ2v) is 8.07. The summed E-state index contributed by atoms with van der Waals surface area (Å²) in [6.45, 7) is 2.03. The number of aromatic nitrogens is 3. The third kappa shape index (κ3) is 3.51. The normalized spacial score (nSPS) is 11.5. The lowest BCUT2D eigenvalue weighted by Crippen LogP contribution is -1.96. The van der Waals surface area contributed by atoms with Crippen molar-refractivity contribution in [1.82, 2.24) is 15.0 Å². The molecule has 0 radical (unpaired) electrons. The quantitative estimate of drug-likeness (QED) is 0.206. The summed E-state index contributed by atoms with van der Waals surface area (Å²) < 4.78 is 0. The summed E-state index contributed by atoms with van der Waals surface area (Å²) in [7, 11) is 0. The lowest BCUT2D eigenvalue weighted by Gasteiger charge is -2.05. The van der Waals surface area contributed by atoms with E-state index in [9.17, 15) is 0 Å². The molecule has 0 spiro atoms. The first kappa shape index (κ1) is 18.7. The van der Waals surface area contributed by atoms with Gasteiger partial charge in [-0.25, -0.2) is 15.0 Å². The van der Waals surface area contributed by atoms with Gasteiger partial charge in [0.2, 0.25) is 0 Å². The molecule has 5 aromatic rings. The van der Waals surface area contributed by atoms with Crippen LogP contribution in [0.2, 0.25) is 5.15 Å². The molecule has 0 fully saturated rings. The number of benzene rings is 2. The molecule has 0 aliphatic carbocycles. The fourth-order valence-corrected chi connectivity index (χ4v) is 4.42. The maximum Gasteiger partial charge on any atom is 0.159 e. The number of hydrazone groups is 1. The van der Waals surface area contributed by atoms with E-state index in [1.54, 1.807) is 23.9 Å². The molecule has 3 heterocycles. The van der Waals surface area contributed by atoms with Crippen LogP contribution < -0.4 is 5.43 Å². The van der Waals surface area contributed by atoms with Gasteiger partial charge in [-0.1, -0.05) is 54.1 Å². The Balaban J connectivity index is 1.49. The highest BCUT2D eigenvalue weighted by Crippen LogP contribution is 2.36. The summed E-state index contributed by atoms with van der Waals surface area (Å²) in [6, 6.07) is 18.3. The van der Waals surface area contributed by atoms with Crippen molar-refractivity contribution in [2.45, 2.75) is 6.92 Å². The average Bonchev–Trinajstić information content (AvgIpc) is 3.20. The van der Waals surface area contributed by atoms with Crippen molar-refractivity contribution in [3.8, 4) is 11.1 Å². The van der Waals surface area contributed by atoms with Gasteiger partial charge < -0.3 is 0 Å². The first-order valence-corrected chi connectivity index (χ1v) is 10.6. The number of fused-ring (bicyclic) bond motifs is 2. The van der Waals surface area contributed by atoms with Crippen LogP contribution in [0.15, 0.2) is 71.4 Å². The lowest BCUT2D eigenvalue weighted by atomic mass is 10.1. The number of nitrogens with one attached hydrogen (secondary N) is 1. The number of anilines is 1. The molecule has 5 nitrogen and oxygen atoms in total. The number of halogens is 1. The molecule has 0 amide bonds. The molecule has 146 valence electrons. The molecule has 0 unspecified atom stereocenters. The van der Waals surface area contributed by atoms with Gasteiger partial charge >= 0.3 is 0 Å². The summed E-state index contributed by atoms with van der Waals surface area (Å²) in [4.78, 5) is 14.2. The van der Waals surface area contributed by atoms with Crippen LogP contribution in [-0.2, 0) is 0 Å². The van der Waals surface area contributed by atoms with E-state index in [1.165, 1.54) is 0 Å². The Labute approximate surface area is 182 Å². The lowest BCUT2D eigenvalue weighted by molar-refractivity contribution is 1.19. The van der Waals surface area contributed by atoms with E-state index in [0.717, 1.165) is 43.4 Å². The monoisotopic (exact) mass is 429 g/mol. The van der Waals surface area contributed by atoms with E-state index in [1.807, 2.05) is 43.3 Å². The summed E-state index contributed by atoms with van der Waals surface area (Å²) in [5, 5.41) is 8.84. The first-order chi connectivity index (χ1) is 14.7. The van der Waals surface area contributed by atoms with Gasteiger partial charge in [-0.05, 0) is 30.2 Å². The van der Waals surface area contributed by atoms with Crippen molar-refractivity contribution in [1.29, 1.82) is 0 Å². The number of hydrogen-bond donors (Lipinski definition) is 1. The molecule has 3 aromatic heterocycles. The summed E-state index contributed by atoms with van der Waals surface area (Å²) in [5.41, 5.74) is 8.00. The Morgan fingerprint density at radius 2 is 1.93 bits per heavy atom. The van der Waals surface area contributed by atoms with Gasteiger partial charge in [-0.15, -0.1) is 11.3 Å². The summed E-state index contributed by atoms with van der Waals surface area (Å²) >= 11 is 7.95. The van der Waals surface area contributed by atoms with Crippen molar-refractivity contribution < 1.29 is 0 Å². The summed E-state index contributed by atoms with van der Waals surface area (Å²) in [6.07, 6.45) is 3.20. The molecule has 0 aliphatic rings. The van der Waals surface area contributed by atoms with Crippen LogP contribution in [0.3, 0.4) is 0 Å². The number of rotatable bonds is 4. The van der Waals surface area contributed by atoms with Crippen molar-refractivity contribution in [2.75, 3.05) is 5.43 Å². The smallest absolute Gasteiger partial charge is 0.159 e. The van der Waals surface area contributed by atoms with Crippen LogP contribution >= 0.6 is 22.9 Å². The number of thiophene rings is 1.